The molecule has 1 aromatic rings. The van der Waals surface area contributed by atoms with Crippen molar-refractivity contribution in [3.63, 3.8) is 0 Å². The lowest BCUT2D eigenvalue weighted by Crippen LogP contribution is -2.49. The van der Waals surface area contributed by atoms with E-state index >= 15 is 0 Å². The Bertz CT molecular complexity index is 853. The Balaban J connectivity index is 1.45. The highest BCUT2D eigenvalue weighted by atomic mass is 16.7. The average molecular weight is 486 g/mol. The third kappa shape index (κ3) is 6.69. The fourth-order valence-corrected chi connectivity index (χ4v) is 5.64. The summed E-state index contributed by atoms with van der Waals surface area (Å²) in [6.07, 6.45) is 9.01. The minimum Gasteiger partial charge on any atom is -0.454 e. The maximum atomic E-state index is 13.5. The Morgan fingerprint density at radius 1 is 1.09 bits per heavy atom. The number of unbranched alkanes of at least 4 members (excludes halogenated alkanes) is 2. The number of nitrogens with zero attached hydrogens (tertiary/aromatic N) is 3. The number of carbonyl (C=O) groups excluding carboxylic acids is 2. The molecule has 0 radical (unpaired) electrons. The van der Waals surface area contributed by atoms with Gasteiger partial charge in [-0.05, 0) is 62.1 Å². The summed E-state index contributed by atoms with van der Waals surface area (Å²) in [5.41, 5.74) is 1.26. The Kier molecular flexibility index (Phi) is 9.30. The average Bonchev–Trinajstić information content (AvgIpc) is 3.51. The van der Waals surface area contributed by atoms with Gasteiger partial charge < -0.3 is 19.3 Å². The summed E-state index contributed by atoms with van der Waals surface area (Å²) in [6.45, 7) is 9.35. The van der Waals surface area contributed by atoms with Crippen LogP contribution in [0.5, 0.6) is 11.5 Å². The maximum absolute atomic E-state index is 13.5. The molecular weight excluding hydrogens is 442 g/mol. The zero-order valence-corrected chi connectivity index (χ0v) is 21.7. The van der Waals surface area contributed by atoms with E-state index in [1.807, 2.05) is 11.0 Å². The van der Waals surface area contributed by atoms with E-state index in [2.05, 4.69) is 35.8 Å². The molecule has 1 aromatic carbocycles. The van der Waals surface area contributed by atoms with Crippen LogP contribution in [-0.4, -0.2) is 78.6 Å². The van der Waals surface area contributed by atoms with Crippen molar-refractivity contribution >= 4 is 11.8 Å². The first-order valence-corrected chi connectivity index (χ1v) is 13.8. The lowest BCUT2D eigenvalue weighted by atomic mass is 9.86. The maximum Gasteiger partial charge on any atom is 0.236 e. The molecule has 4 rings (SSSR count). The summed E-state index contributed by atoms with van der Waals surface area (Å²) in [5, 5.41) is 0. The van der Waals surface area contributed by atoms with Crippen molar-refractivity contribution in [3.05, 3.63) is 23.8 Å². The Morgan fingerprint density at radius 3 is 2.57 bits per heavy atom. The van der Waals surface area contributed by atoms with Crippen LogP contribution in [-0.2, 0) is 9.59 Å². The molecule has 3 heterocycles. The van der Waals surface area contributed by atoms with Crippen LogP contribution in [0.25, 0.3) is 0 Å². The van der Waals surface area contributed by atoms with Gasteiger partial charge in [0.25, 0.3) is 0 Å². The molecule has 0 spiro atoms. The minimum atomic E-state index is 0.250. The van der Waals surface area contributed by atoms with Crippen LogP contribution in [0.3, 0.4) is 0 Å². The van der Waals surface area contributed by atoms with Gasteiger partial charge in [0.05, 0.1) is 6.54 Å². The second-order valence-corrected chi connectivity index (χ2v) is 10.3. The highest BCUT2D eigenvalue weighted by molar-refractivity contribution is 5.78. The molecule has 0 N–H and O–H groups in total. The van der Waals surface area contributed by atoms with Gasteiger partial charge in [0, 0.05) is 45.2 Å². The molecule has 3 aliphatic heterocycles. The van der Waals surface area contributed by atoms with Gasteiger partial charge in [-0.25, -0.2) is 0 Å². The highest BCUT2D eigenvalue weighted by Crippen LogP contribution is 2.38. The van der Waals surface area contributed by atoms with E-state index in [9.17, 15) is 9.59 Å². The van der Waals surface area contributed by atoms with E-state index in [-0.39, 0.29) is 18.6 Å². The molecular formula is C28H43N3O4. The van der Waals surface area contributed by atoms with E-state index in [0.717, 1.165) is 95.6 Å². The Morgan fingerprint density at radius 2 is 1.86 bits per heavy atom. The predicted molar refractivity (Wildman–Crippen MR) is 137 cm³/mol. The predicted octanol–water partition coefficient (Wildman–Crippen LogP) is 4.40. The van der Waals surface area contributed by atoms with Gasteiger partial charge in [-0.15, -0.1) is 0 Å². The number of rotatable bonds is 12. The van der Waals surface area contributed by atoms with Crippen LogP contribution in [0.4, 0.5) is 0 Å². The number of benzene rings is 1. The van der Waals surface area contributed by atoms with Crippen molar-refractivity contribution in [1.29, 1.82) is 0 Å². The van der Waals surface area contributed by atoms with E-state index in [1.54, 1.807) is 0 Å². The quantitative estimate of drug-likeness (QED) is 0.439. The van der Waals surface area contributed by atoms with Crippen molar-refractivity contribution < 1.29 is 19.1 Å². The van der Waals surface area contributed by atoms with Crippen molar-refractivity contribution in [3.8, 4) is 11.5 Å². The van der Waals surface area contributed by atoms with Crippen LogP contribution in [0.15, 0.2) is 18.2 Å². The third-order valence-corrected chi connectivity index (χ3v) is 7.85. The molecule has 2 amide bonds. The summed E-state index contributed by atoms with van der Waals surface area (Å²) in [6, 6.07) is 6.60. The topological polar surface area (TPSA) is 62.3 Å². The zero-order valence-electron chi connectivity index (χ0n) is 21.7. The van der Waals surface area contributed by atoms with E-state index in [4.69, 9.17) is 9.47 Å². The fraction of sp³-hybridized carbons (Fsp3) is 0.714. The van der Waals surface area contributed by atoms with Crippen LogP contribution in [0.1, 0.15) is 83.1 Å². The molecule has 2 fully saturated rings. The molecule has 0 aromatic heterocycles. The number of hydrogen-bond donors (Lipinski definition) is 0. The molecule has 0 saturated carbocycles. The molecule has 35 heavy (non-hydrogen) atoms. The van der Waals surface area contributed by atoms with Gasteiger partial charge in [-0.1, -0.05) is 32.8 Å². The first-order chi connectivity index (χ1) is 17.1. The Hall–Kier alpha value is -2.28. The summed E-state index contributed by atoms with van der Waals surface area (Å²) >= 11 is 0. The van der Waals surface area contributed by atoms with E-state index in [1.165, 1.54) is 5.56 Å². The summed E-state index contributed by atoms with van der Waals surface area (Å²) in [5.74, 6) is 2.53. The molecule has 7 nitrogen and oxygen atoms in total. The van der Waals surface area contributed by atoms with Crippen molar-refractivity contribution in [2.24, 2.45) is 0 Å². The minimum absolute atomic E-state index is 0.250. The normalized spacial score (nSPS) is 22.1. The molecule has 0 aliphatic carbocycles. The van der Waals surface area contributed by atoms with Gasteiger partial charge in [-0.3, -0.25) is 14.5 Å². The van der Waals surface area contributed by atoms with Crippen molar-refractivity contribution in [2.45, 2.75) is 83.6 Å². The highest BCUT2D eigenvalue weighted by Gasteiger charge is 2.33. The second kappa shape index (κ2) is 12.6. The van der Waals surface area contributed by atoms with Gasteiger partial charge in [0.2, 0.25) is 18.6 Å². The summed E-state index contributed by atoms with van der Waals surface area (Å²) in [4.78, 5) is 32.1. The fourth-order valence-electron chi connectivity index (χ4n) is 5.64. The first-order valence-electron chi connectivity index (χ1n) is 13.8. The lowest BCUT2D eigenvalue weighted by molar-refractivity contribution is -0.134. The number of amides is 2. The van der Waals surface area contributed by atoms with E-state index < -0.39 is 0 Å². The van der Waals surface area contributed by atoms with Crippen molar-refractivity contribution in [1.82, 2.24) is 14.7 Å². The molecule has 0 bridgehead atoms. The van der Waals surface area contributed by atoms with Crippen LogP contribution < -0.4 is 9.47 Å². The first kappa shape index (κ1) is 25.8. The van der Waals surface area contributed by atoms with Gasteiger partial charge >= 0.3 is 0 Å². The summed E-state index contributed by atoms with van der Waals surface area (Å²) < 4.78 is 11.1. The monoisotopic (exact) mass is 485 g/mol. The molecule has 194 valence electrons. The van der Waals surface area contributed by atoms with E-state index in [0.29, 0.717) is 24.9 Å². The standard InChI is InChI=1S/C28H43N3O4/c1-3-5-14-29(15-6-4-2)28(33)20-31-19-23(22-10-12-25-26(18-22)35-21-34-25)9-11-24(31)13-17-30-16-7-8-27(30)32/h10,12,18,23-24H,3-9,11,13-17,19-21H2,1-2H3/t23-,24-/m1/s1. The number of fused-ring (bicyclic) bond motifs is 1. The smallest absolute Gasteiger partial charge is 0.236 e. The largest absolute Gasteiger partial charge is 0.454 e. The SMILES string of the molecule is CCCCN(CCCC)C(=O)CN1C[C@H](c2ccc3c(c2)OCO3)CC[C@@H]1CCN1CCCC1=O. The number of ether oxygens (including phenoxy) is 2. The van der Waals surface area contributed by atoms with Gasteiger partial charge in [-0.2, -0.15) is 0 Å². The van der Waals surface area contributed by atoms with Gasteiger partial charge in [0.1, 0.15) is 0 Å². The summed E-state index contributed by atoms with van der Waals surface area (Å²) in [7, 11) is 0. The number of piperidine rings is 1. The van der Waals surface area contributed by atoms with Crippen molar-refractivity contribution in [2.75, 3.05) is 46.1 Å². The number of likely N-dealkylation sites (tertiary alicyclic amines) is 2. The van der Waals surface area contributed by atoms with Crippen LogP contribution >= 0.6 is 0 Å². The zero-order chi connectivity index (χ0) is 24.6. The third-order valence-electron chi connectivity index (χ3n) is 7.85. The number of hydrogen-bond acceptors (Lipinski definition) is 5. The molecule has 2 saturated heterocycles. The number of carbonyl (C=O) groups is 2. The molecule has 0 unspecified atom stereocenters. The molecule has 2 atom stereocenters. The van der Waals surface area contributed by atoms with Gasteiger partial charge in [0.15, 0.2) is 11.5 Å². The van der Waals surface area contributed by atoms with Crippen LogP contribution in [0.2, 0.25) is 0 Å². The lowest BCUT2D eigenvalue weighted by Gasteiger charge is -2.41. The second-order valence-electron chi connectivity index (χ2n) is 10.3. The molecule has 7 heteroatoms. The van der Waals surface area contributed by atoms with Crippen LogP contribution in [0, 0.1) is 0 Å². The molecule has 3 aliphatic rings. The Labute approximate surface area is 210 Å².